The SMILES string of the molecule is CCOC(=O)[C@]1([N+](=O)[O-])[C@@H](C[N+](=O)[O-])C[C@@]2(C(=O)Nc3ccccc32)[C@@H]1c1ccc(F)cc1. The van der Waals surface area contributed by atoms with Crippen molar-refractivity contribution in [3.05, 3.63) is 85.7 Å². The van der Waals surface area contributed by atoms with E-state index in [-0.39, 0.29) is 18.6 Å². The van der Waals surface area contributed by atoms with Crippen molar-refractivity contribution in [1.82, 2.24) is 0 Å². The van der Waals surface area contributed by atoms with Crippen LogP contribution in [0.15, 0.2) is 48.5 Å². The van der Waals surface area contributed by atoms with Gasteiger partial charge in [0.1, 0.15) is 11.7 Å². The number of esters is 1. The molecule has 0 saturated heterocycles. The van der Waals surface area contributed by atoms with E-state index in [4.69, 9.17) is 4.74 Å². The molecular formula is C22H20FN3O7. The number of fused-ring (bicyclic) bond motifs is 2. The van der Waals surface area contributed by atoms with Gasteiger partial charge in [0.2, 0.25) is 12.5 Å². The molecule has 1 spiro atoms. The third-order valence-corrected chi connectivity index (χ3v) is 6.66. The van der Waals surface area contributed by atoms with E-state index in [0.717, 1.165) is 12.1 Å². The highest BCUT2D eigenvalue weighted by atomic mass is 19.1. The summed E-state index contributed by atoms with van der Waals surface area (Å²) < 4.78 is 18.8. The van der Waals surface area contributed by atoms with Crippen LogP contribution in [0.4, 0.5) is 10.1 Å². The molecule has 11 heteroatoms. The number of nitro groups is 2. The number of hydrogen-bond donors (Lipinski definition) is 1. The van der Waals surface area contributed by atoms with Crippen LogP contribution < -0.4 is 5.32 Å². The van der Waals surface area contributed by atoms with E-state index in [1.54, 1.807) is 24.3 Å². The van der Waals surface area contributed by atoms with E-state index in [9.17, 15) is 34.2 Å². The molecule has 1 aliphatic heterocycles. The smallest absolute Gasteiger partial charge is 0.386 e. The first kappa shape index (κ1) is 22.3. The van der Waals surface area contributed by atoms with Crippen LogP contribution in [-0.2, 0) is 19.7 Å². The maximum Gasteiger partial charge on any atom is 0.386 e. The summed E-state index contributed by atoms with van der Waals surface area (Å²) in [5.41, 5.74) is -3.38. The molecule has 0 bridgehead atoms. The number of hydrogen-bond acceptors (Lipinski definition) is 7. The largest absolute Gasteiger partial charge is 0.461 e. The molecule has 1 fully saturated rings. The second-order valence-electron chi connectivity index (χ2n) is 8.17. The summed E-state index contributed by atoms with van der Waals surface area (Å²) in [6, 6.07) is 11.2. The number of nitrogens with zero attached hydrogens (tertiary/aromatic N) is 2. The Labute approximate surface area is 187 Å². The summed E-state index contributed by atoms with van der Waals surface area (Å²) in [4.78, 5) is 49.5. The Morgan fingerprint density at radius 1 is 1.18 bits per heavy atom. The molecule has 1 heterocycles. The number of amides is 1. The molecule has 1 N–H and O–H groups in total. The molecule has 0 unspecified atom stereocenters. The highest BCUT2D eigenvalue weighted by molar-refractivity contribution is 6.08. The first-order valence-electron chi connectivity index (χ1n) is 10.3. The maximum absolute atomic E-state index is 13.7. The van der Waals surface area contributed by atoms with Gasteiger partial charge in [-0.1, -0.05) is 30.3 Å². The first-order valence-corrected chi connectivity index (χ1v) is 10.3. The van der Waals surface area contributed by atoms with E-state index in [1.165, 1.54) is 19.1 Å². The molecule has 2 aliphatic rings. The van der Waals surface area contributed by atoms with E-state index < -0.39 is 56.9 Å². The number of ether oxygens (including phenoxy) is 1. The lowest BCUT2D eigenvalue weighted by Gasteiger charge is -2.34. The lowest BCUT2D eigenvalue weighted by atomic mass is 9.66. The Morgan fingerprint density at radius 2 is 1.85 bits per heavy atom. The van der Waals surface area contributed by atoms with Crippen molar-refractivity contribution in [3.8, 4) is 0 Å². The van der Waals surface area contributed by atoms with Gasteiger partial charge < -0.3 is 10.1 Å². The van der Waals surface area contributed by atoms with Crippen LogP contribution >= 0.6 is 0 Å². The summed E-state index contributed by atoms with van der Waals surface area (Å²) in [7, 11) is 0. The quantitative estimate of drug-likeness (QED) is 0.399. The minimum Gasteiger partial charge on any atom is -0.461 e. The fraction of sp³-hybridized carbons (Fsp3) is 0.364. The van der Waals surface area contributed by atoms with Gasteiger partial charge in [-0.05, 0) is 42.7 Å². The molecule has 1 aliphatic carbocycles. The number of para-hydroxylation sites is 1. The fourth-order valence-corrected chi connectivity index (χ4v) is 5.54. The van der Waals surface area contributed by atoms with Crippen LogP contribution in [0.5, 0.6) is 0 Å². The predicted octanol–water partition coefficient (Wildman–Crippen LogP) is 2.67. The fourth-order valence-electron chi connectivity index (χ4n) is 5.54. The Kier molecular flexibility index (Phi) is 5.35. The van der Waals surface area contributed by atoms with E-state index >= 15 is 0 Å². The standard InChI is InChI=1S/C22H20FN3O7/c1-2-33-20(28)22(26(31)32)14(12-25(29)30)11-21(18(22)13-7-9-15(23)10-8-13)16-5-3-4-6-17(16)24-19(21)27/h3-10,14,18H,2,11-12H2,1H3,(H,24,27)/t14-,18+,21+,22+/m1/s1. The summed E-state index contributed by atoms with van der Waals surface area (Å²) in [6.45, 7) is 0.337. The molecule has 172 valence electrons. The van der Waals surface area contributed by atoms with Gasteiger partial charge in [0.05, 0.1) is 17.9 Å². The molecule has 2 aromatic carbocycles. The molecule has 10 nitrogen and oxygen atoms in total. The predicted molar refractivity (Wildman–Crippen MR) is 112 cm³/mol. The second-order valence-corrected chi connectivity index (χ2v) is 8.17. The summed E-state index contributed by atoms with van der Waals surface area (Å²) >= 11 is 0. The van der Waals surface area contributed by atoms with Crippen molar-refractivity contribution >= 4 is 17.6 Å². The average Bonchev–Trinajstić information content (AvgIpc) is 3.21. The summed E-state index contributed by atoms with van der Waals surface area (Å²) in [5, 5.41) is 27.0. The van der Waals surface area contributed by atoms with Crippen LogP contribution in [0.2, 0.25) is 0 Å². The molecular weight excluding hydrogens is 437 g/mol. The van der Waals surface area contributed by atoms with E-state index in [1.807, 2.05) is 0 Å². The van der Waals surface area contributed by atoms with Crippen LogP contribution in [0, 0.1) is 32.0 Å². The number of rotatable bonds is 6. The Bertz CT molecular complexity index is 1150. The van der Waals surface area contributed by atoms with E-state index in [0.29, 0.717) is 11.3 Å². The van der Waals surface area contributed by atoms with Crippen molar-refractivity contribution in [2.75, 3.05) is 18.5 Å². The number of carbonyl (C=O) groups excluding carboxylic acids is 2. The van der Waals surface area contributed by atoms with Crippen LogP contribution in [0.3, 0.4) is 0 Å². The van der Waals surface area contributed by atoms with Gasteiger partial charge in [-0.15, -0.1) is 0 Å². The monoisotopic (exact) mass is 457 g/mol. The molecule has 1 saturated carbocycles. The minimum absolute atomic E-state index is 0.138. The van der Waals surface area contributed by atoms with Gasteiger partial charge in [0.15, 0.2) is 0 Å². The lowest BCUT2D eigenvalue weighted by molar-refractivity contribution is -0.582. The molecule has 2 aromatic rings. The molecule has 4 atom stereocenters. The third kappa shape index (κ3) is 3.06. The molecule has 0 aromatic heterocycles. The van der Waals surface area contributed by atoms with Gasteiger partial charge in [-0.25, -0.2) is 9.18 Å². The van der Waals surface area contributed by atoms with Crippen molar-refractivity contribution in [3.63, 3.8) is 0 Å². The highest BCUT2D eigenvalue weighted by Gasteiger charge is 2.80. The van der Waals surface area contributed by atoms with Crippen LogP contribution in [-0.4, -0.2) is 40.4 Å². The van der Waals surface area contributed by atoms with Crippen molar-refractivity contribution in [1.29, 1.82) is 0 Å². The topological polar surface area (TPSA) is 142 Å². The van der Waals surface area contributed by atoms with Gasteiger partial charge in [-0.3, -0.25) is 25.0 Å². The molecule has 4 rings (SSSR count). The van der Waals surface area contributed by atoms with Crippen molar-refractivity contribution < 1.29 is 28.6 Å². The zero-order valence-corrected chi connectivity index (χ0v) is 17.5. The number of anilines is 1. The summed E-state index contributed by atoms with van der Waals surface area (Å²) in [5.74, 6) is -5.43. The zero-order valence-electron chi connectivity index (χ0n) is 17.5. The van der Waals surface area contributed by atoms with Crippen LogP contribution in [0.1, 0.15) is 30.4 Å². The maximum atomic E-state index is 13.7. The Hall–Kier alpha value is -3.89. The first-order chi connectivity index (χ1) is 15.7. The van der Waals surface area contributed by atoms with Crippen molar-refractivity contribution in [2.45, 2.75) is 30.2 Å². The lowest BCUT2D eigenvalue weighted by Crippen LogP contribution is -2.58. The number of nitrogens with one attached hydrogen (secondary N) is 1. The van der Waals surface area contributed by atoms with Gasteiger partial charge >= 0.3 is 11.5 Å². The van der Waals surface area contributed by atoms with Crippen LogP contribution in [0.25, 0.3) is 0 Å². The number of carbonyl (C=O) groups is 2. The third-order valence-electron chi connectivity index (χ3n) is 6.66. The minimum atomic E-state index is -2.64. The molecule has 33 heavy (non-hydrogen) atoms. The van der Waals surface area contributed by atoms with Gasteiger partial charge in [0, 0.05) is 15.5 Å². The number of benzene rings is 2. The highest BCUT2D eigenvalue weighted by Crippen LogP contribution is 2.63. The second kappa shape index (κ2) is 7.91. The Morgan fingerprint density at radius 3 is 2.45 bits per heavy atom. The van der Waals surface area contributed by atoms with E-state index in [2.05, 4.69) is 5.32 Å². The number of halogens is 1. The van der Waals surface area contributed by atoms with Crippen molar-refractivity contribution in [2.24, 2.45) is 5.92 Å². The average molecular weight is 457 g/mol. The molecule has 1 amide bonds. The zero-order chi connectivity index (χ0) is 24.0. The van der Waals surface area contributed by atoms with Gasteiger partial charge in [0.25, 0.3) is 0 Å². The summed E-state index contributed by atoms with van der Waals surface area (Å²) in [6.07, 6.45) is -0.335. The molecule has 0 radical (unpaired) electrons. The van der Waals surface area contributed by atoms with Gasteiger partial charge in [-0.2, -0.15) is 0 Å². The Balaban J connectivity index is 2.09. The normalized spacial score (nSPS) is 27.8.